The van der Waals surface area contributed by atoms with Crippen molar-refractivity contribution in [3.8, 4) is 0 Å². The van der Waals surface area contributed by atoms with Gasteiger partial charge in [0.05, 0.1) is 16.7 Å². The molecule has 3 nitrogen and oxygen atoms in total. The molecule has 1 rings (SSSR count). The summed E-state index contributed by atoms with van der Waals surface area (Å²) in [4.78, 5) is 0.213. The monoisotopic (exact) mass is 304 g/mol. The van der Waals surface area contributed by atoms with Gasteiger partial charge in [0.25, 0.3) is 0 Å². The molecular formula is C13H19BF2O3S. The van der Waals surface area contributed by atoms with Crippen LogP contribution < -0.4 is 5.46 Å². The summed E-state index contributed by atoms with van der Waals surface area (Å²) in [5, 5.41) is 19.9. The number of aliphatic hydroxyl groups is 1. The Morgan fingerprint density at radius 1 is 1.20 bits per heavy atom. The number of thioether (sulfide) groups is 1. The zero-order valence-corrected chi connectivity index (χ0v) is 13.0. The van der Waals surface area contributed by atoms with Crippen LogP contribution in [-0.2, 0) is 4.65 Å². The van der Waals surface area contributed by atoms with Crippen LogP contribution in [0.3, 0.4) is 0 Å². The van der Waals surface area contributed by atoms with Crippen LogP contribution in [0.4, 0.5) is 8.78 Å². The van der Waals surface area contributed by atoms with Crippen LogP contribution in [0.15, 0.2) is 17.0 Å². The van der Waals surface area contributed by atoms with E-state index in [1.54, 1.807) is 6.26 Å². The fourth-order valence-corrected chi connectivity index (χ4v) is 1.91. The maximum absolute atomic E-state index is 14.1. The highest BCUT2D eigenvalue weighted by molar-refractivity contribution is 7.98. The fourth-order valence-electron chi connectivity index (χ4n) is 1.42. The highest BCUT2D eigenvalue weighted by Crippen LogP contribution is 2.26. The standard InChI is InChI=1S/C13H19BF2O3S/c1-12(2,17)13(3,4)19-14(18)10-8(15)6-7-9(20-5)11(10)16/h6-7,17-18H,1-5H3. The Balaban J connectivity index is 3.13. The predicted molar refractivity (Wildman–Crippen MR) is 77.2 cm³/mol. The van der Waals surface area contributed by atoms with Crippen LogP contribution in [0.1, 0.15) is 27.7 Å². The highest BCUT2D eigenvalue weighted by atomic mass is 32.2. The molecule has 0 aromatic heterocycles. The minimum Gasteiger partial charge on any atom is -0.423 e. The molecule has 0 unspecified atom stereocenters. The molecule has 1 aromatic carbocycles. The Morgan fingerprint density at radius 2 is 1.75 bits per heavy atom. The Morgan fingerprint density at radius 3 is 2.20 bits per heavy atom. The molecule has 0 amide bonds. The first kappa shape index (κ1) is 17.4. The number of halogens is 2. The molecule has 0 aliphatic rings. The molecule has 0 heterocycles. The molecule has 0 radical (unpaired) electrons. The molecule has 0 saturated carbocycles. The molecule has 0 atom stereocenters. The molecule has 0 fully saturated rings. The second-order valence-corrected chi connectivity index (χ2v) is 6.36. The molecular weight excluding hydrogens is 285 g/mol. The van der Waals surface area contributed by atoms with E-state index in [4.69, 9.17) is 4.65 Å². The van der Waals surface area contributed by atoms with Crippen LogP contribution in [-0.4, -0.2) is 34.7 Å². The van der Waals surface area contributed by atoms with Crippen molar-refractivity contribution in [3.63, 3.8) is 0 Å². The molecule has 20 heavy (non-hydrogen) atoms. The lowest BCUT2D eigenvalue weighted by Crippen LogP contribution is -2.54. The first-order valence-corrected chi connectivity index (χ1v) is 7.34. The summed E-state index contributed by atoms with van der Waals surface area (Å²) in [5.41, 5.74) is -3.03. The Labute approximate surface area is 122 Å². The van der Waals surface area contributed by atoms with E-state index >= 15 is 0 Å². The van der Waals surface area contributed by atoms with Gasteiger partial charge in [-0.3, -0.25) is 0 Å². The predicted octanol–water partition coefficient (Wildman–Crippen LogP) is 1.94. The topological polar surface area (TPSA) is 49.7 Å². The fraction of sp³-hybridized carbons (Fsp3) is 0.538. The van der Waals surface area contributed by atoms with E-state index in [-0.39, 0.29) is 4.90 Å². The number of hydrogen-bond acceptors (Lipinski definition) is 4. The summed E-state index contributed by atoms with van der Waals surface area (Å²) in [7, 11) is -1.80. The summed E-state index contributed by atoms with van der Waals surface area (Å²) in [6, 6.07) is 2.38. The Bertz CT molecular complexity index is 489. The lowest BCUT2D eigenvalue weighted by molar-refractivity contribution is -0.0984. The summed E-state index contributed by atoms with van der Waals surface area (Å²) in [6.07, 6.45) is 1.65. The Hall–Kier alpha value is -0.625. The zero-order chi connectivity index (χ0) is 15.7. The lowest BCUT2D eigenvalue weighted by atomic mass is 9.76. The van der Waals surface area contributed by atoms with Gasteiger partial charge in [-0.1, -0.05) is 0 Å². The normalized spacial score (nSPS) is 12.7. The van der Waals surface area contributed by atoms with Crippen molar-refractivity contribution in [2.24, 2.45) is 0 Å². The van der Waals surface area contributed by atoms with Gasteiger partial charge >= 0.3 is 7.12 Å². The number of hydrogen-bond donors (Lipinski definition) is 2. The minimum atomic E-state index is -1.80. The van der Waals surface area contributed by atoms with Crippen molar-refractivity contribution in [1.82, 2.24) is 0 Å². The molecule has 0 saturated heterocycles. The van der Waals surface area contributed by atoms with Crippen LogP contribution >= 0.6 is 11.8 Å². The van der Waals surface area contributed by atoms with E-state index < -0.39 is 35.4 Å². The summed E-state index contributed by atoms with van der Waals surface area (Å²) < 4.78 is 33.1. The maximum Gasteiger partial charge on any atom is 0.497 e. The van der Waals surface area contributed by atoms with E-state index in [2.05, 4.69) is 0 Å². The van der Waals surface area contributed by atoms with Gasteiger partial charge in [0, 0.05) is 4.90 Å². The van der Waals surface area contributed by atoms with Gasteiger partial charge in [-0.15, -0.1) is 11.8 Å². The molecule has 0 aliphatic heterocycles. The first-order chi connectivity index (χ1) is 9.01. The van der Waals surface area contributed by atoms with Crippen LogP contribution in [0, 0.1) is 11.6 Å². The van der Waals surface area contributed by atoms with Gasteiger partial charge in [-0.2, -0.15) is 0 Å². The van der Waals surface area contributed by atoms with Crippen molar-refractivity contribution < 1.29 is 23.6 Å². The third-order valence-electron chi connectivity index (χ3n) is 3.44. The third-order valence-corrected chi connectivity index (χ3v) is 4.19. The maximum atomic E-state index is 14.1. The molecule has 1 aromatic rings. The van der Waals surface area contributed by atoms with Crippen molar-refractivity contribution in [2.75, 3.05) is 6.26 Å². The number of benzene rings is 1. The quantitative estimate of drug-likeness (QED) is 0.645. The lowest BCUT2D eigenvalue weighted by Gasteiger charge is -2.38. The zero-order valence-electron chi connectivity index (χ0n) is 12.2. The van der Waals surface area contributed by atoms with Gasteiger partial charge in [-0.05, 0) is 46.1 Å². The molecule has 0 aliphatic carbocycles. The molecule has 7 heteroatoms. The van der Waals surface area contributed by atoms with Crippen LogP contribution in [0.5, 0.6) is 0 Å². The second kappa shape index (κ2) is 6.01. The van der Waals surface area contributed by atoms with Crippen molar-refractivity contribution in [2.45, 2.75) is 43.8 Å². The molecule has 112 valence electrons. The summed E-state index contributed by atoms with van der Waals surface area (Å²) in [6.45, 7) is 6.05. The van der Waals surface area contributed by atoms with E-state index in [0.29, 0.717) is 0 Å². The third kappa shape index (κ3) is 3.52. The average Bonchev–Trinajstić information content (AvgIpc) is 2.27. The van der Waals surface area contributed by atoms with Gasteiger partial charge in [0.1, 0.15) is 11.6 Å². The van der Waals surface area contributed by atoms with Crippen LogP contribution in [0.25, 0.3) is 0 Å². The Kier molecular flexibility index (Phi) is 5.24. The minimum absolute atomic E-state index is 0.213. The second-order valence-electron chi connectivity index (χ2n) is 5.52. The smallest absolute Gasteiger partial charge is 0.423 e. The van der Waals surface area contributed by atoms with Gasteiger partial charge in [0.15, 0.2) is 0 Å². The largest absolute Gasteiger partial charge is 0.497 e. The van der Waals surface area contributed by atoms with E-state index in [1.165, 1.54) is 33.8 Å². The highest BCUT2D eigenvalue weighted by Gasteiger charge is 2.41. The van der Waals surface area contributed by atoms with Crippen molar-refractivity contribution >= 4 is 24.3 Å². The molecule has 0 bridgehead atoms. The molecule has 2 N–H and O–H groups in total. The summed E-state index contributed by atoms with van der Waals surface area (Å²) in [5.74, 6) is -1.74. The van der Waals surface area contributed by atoms with E-state index in [0.717, 1.165) is 17.8 Å². The van der Waals surface area contributed by atoms with Crippen LogP contribution in [0.2, 0.25) is 0 Å². The molecule has 0 spiro atoms. The van der Waals surface area contributed by atoms with Gasteiger partial charge < -0.3 is 14.8 Å². The van der Waals surface area contributed by atoms with Crippen molar-refractivity contribution in [3.05, 3.63) is 23.8 Å². The van der Waals surface area contributed by atoms with E-state index in [9.17, 15) is 18.9 Å². The first-order valence-electron chi connectivity index (χ1n) is 6.11. The van der Waals surface area contributed by atoms with E-state index in [1.807, 2.05) is 0 Å². The summed E-state index contributed by atoms with van der Waals surface area (Å²) >= 11 is 1.10. The number of rotatable bonds is 5. The average molecular weight is 304 g/mol. The van der Waals surface area contributed by atoms with Crippen molar-refractivity contribution in [1.29, 1.82) is 0 Å². The van der Waals surface area contributed by atoms with Gasteiger partial charge in [-0.25, -0.2) is 8.78 Å². The SMILES string of the molecule is CSc1ccc(F)c(B(O)OC(C)(C)C(C)(C)O)c1F. The van der Waals surface area contributed by atoms with Gasteiger partial charge in [0.2, 0.25) is 0 Å².